The summed E-state index contributed by atoms with van der Waals surface area (Å²) in [5, 5.41) is 24.3. The molecule has 3 unspecified atom stereocenters. The maximum atomic E-state index is 12.6. The standard InChI is InChI=1S/C16H29N7O7/c1-8(17)13(28)22-9(3-2-6-20-16(18)19)15(30)23-10(4-5-11(24)25)14(29)21-7-12(26)27/h8-10H,2-7,17H2,1H3,(H,21,29)(H,22,28)(H,23,30)(H,24,25)(H,26,27)(H4,18,19,20). The van der Waals surface area contributed by atoms with Crippen molar-refractivity contribution < 1.29 is 34.2 Å². The number of hydrogen-bond donors (Lipinski definition) is 8. The molecule has 0 aromatic carbocycles. The molecule has 0 aliphatic carbocycles. The second kappa shape index (κ2) is 13.7. The number of rotatable bonds is 14. The summed E-state index contributed by atoms with van der Waals surface area (Å²) in [5.74, 6) is -4.92. The van der Waals surface area contributed by atoms with E-state index in [-0.39, 0.29) is 25.3 Å². The van der Waals surface area contributed by atoms with Crippen LogP contribution in [0.1, 0.15) is 32.6 Å². The molecule has 3 amide bonds. The first-order valence-electron chi connectivity index (χ1n) is 9.07. The van der Waals surface area contributed by atoms with Crippen LogP contribution in [0.4, 0.5) is 0 Å². The summed E-state index contributed by atoms with van der Waals surface area (Å²) in [6.07, 6.45) is -0.328. The largest absolute Gasteiger partial charge is 0.481 e. The first-order valence-corrected chi connectivity index (χ1v) is 9.07. The SMILES string of the molecule is CC(N)C(=O)NC(CCCN=C(N)N)C(=O)NC(CCC(=O)O)C(=O)NCC(=O)O. The average molecular weight is 431 g/mol. The fraction of sp³-hybridized carbons (Fsp3) is 0.625. The monoisotopic (exact) mass is 431 g/mol. The Morgan fingerprint density at radius 2 is 1.47 bits per heavy atom. The molecule has 0 aromatic rings. The molecular weight excluding hydrogens is 402 g/mol. The van der Waals surface area contributed by atoms with Crippen LogP contribution in [0.3, 0.4) is 0 Å². The van der Waals surface area contributed by atoms with Gasteiger partial charge in [0.15, 0.2) is 5.96 Å². The summed E-state index contributed by atoms with van der Waals surface area (Å²) >= 11 is 0. The molecule has 3 atom stereocenters. The van der Waals surface area contributed by atoms with E-state index in [0.717, 1.165) is 0 Å². The third-order valence-corrected chi connectivity index (χ3v) is 3.69. The highest BCUT2D eigenvalue weighted by Crippen LogP contribution is 2.04. The topological polar surface area (TPSA) is 252 Å². The molecule has 11 N–H and O–H groups in total. The van der Waals surface area contributed by atoms with Gasteiger partial charge in [0.05, 0.1) is 6.04 Å². The molecule has 0 heterocycles. The number of aliphatic imine (C=N–C) groups is 1. The molecule has 0 aliphatic heterocycles. The molecule has 0 radical (unpaired) electrons. The van der Waals surface area contributed by atoms with Crippen molar-refractivity contribution in [3.8, 4) is 0 Å². The number of carboxylic acids is 2. The van der Waals surface area contributed by atoms with Crippen molar-refractivity contribution >= 4 is 35.6 Å². The van der Waals surface area contributed by atoms with Crippen molar-refractivity contribution in [1.29, 1.82) is 0 Å². The molecule has 30 heavy (non-hydrogen) atoms. The normalized spacial score (nSPS) is 13.3. The molecule has 14 heteroatoms. The van der Waals surface area contributed by atoms with Crippen LogP contribution in [-0.4, -0.2) is 77.0 Å². The summed E-state index contributed by atoms with van der Waals surface area (Å²) in [4.78, 5) is 61.9. The van der Waals surface area contributed by atoms with Crippen molar-refractivity contribution in [2.45, 2.75) is 50.7 Å². The molecular formula is C16H29N7O7. The smallest absolute Gasteiger partial charge is 0.322 e. The quantitative estimate of drug-likeness (QED) is 0.0762. The van der Waals surface area contributed by atoms with Gasteiger partial charge in [0.2, 0.25) is 17.7 Å². The molecule has 0 aromatic heterocycles. The lowest BCUT2D eigenvalue weighted by Crippen LogP contribution is -2.55. The summed E-state index contributed by atoms with van der Waals surface area (Å²) in [6.45, 7) is 0.891. The third-order valence-electron chi connectivity index (χ3n) is 3.69. The zero-order valence-electron chi connectivity index (χ0n) is 16.6. The fourth-order valence-corrected chi connectivity index (χ4v) is 2.17. The molecule has 0 bridgehead atoms. The van der Waals surface area contributed by atoms with E-state index in [2.05, 4.69) is 20.9 Å². The Kier molecular flexibility index (Phi) is 12.1. The van der Waals surface area contributed by atoms with E-state index in [4.69, 9.17) is 27.4 Å². The molecule has 170 valence electrons. The van der Waals surface area contributed by atoms with Gasteiger partial charge in [-0.1, -0.05) is 0 Å². The van der Waals surface area contributed by atoms with Gasteiger partial charge in [-0.2, -0.15) is 0 Å². The number of carbonyl (C=O) groups excluding carboxylic acids is 3. The zero-order chi connectivity index (χ0) is 23.3. The van der Waals surface area contributed by atoms with E-state index in [0.29, 0.717) is 6.42 Å². The predicted octanol–water partition coefficient (Wildman–Crippen LogP) is -3.58. The maximum Gasteiger partial charge on any atom is 0.322 e. The van der Waals surface area contributed by atoms with Crippen molar-refractivity contribution in [3.05, 3.63) is 0 Å². The van der Waals surface area contributed by atoms with E-state index in [1.807, 2.05) is 0 Å². The number of nitrogens with one attached hydrogen (secondary N) is 3. The Morgan fingerprint density at radius 3 is 1.97 bits per heavy atom. The maximum absolute atomic E-state index is 12.6. The summed E-state index contributed by atoms with van der Waals surface area (Å²) < 4.78 is 0. The predicted molar refractivity (Wildman–Crippen MR) is 105 cm³/mol. The van der Waals surface area contributed by atoms with E-state index in [9.17, 15) is 24.0 Å². The van der Waals surface area contributed by atoms with E-state index < -0.39 is 60.8 Å². The molecule has 0 saturated carbocycles. The minimum Gasteiger partial charge on any atom is -0.481 e. The van der Waals surface area contributed by atoms with Gasteiger partial charge in [-0.25, -0.2) is 0 Å². The summed E-state index contributed by atoms with van der Waals surface area (Å²) in [5.41, 5.74) is 15.9. The Balaban J connectivity index is 5.25. The number of carboxylic acid groups (broad SMARTS) is 2. The molecule has 14 nitrogen and oxygen atoms in total. The summed E-state index contributed by atoms with van der Waals surface area (Å²) in [7, 11) is 0. The number of guanidine groups is 1. The number of hydrogen-bond acceptors (Lipinski definition) is 7. The number of nitrogens with two attached hydrogens (primary N) is 3. The van der Waals surface area contributed by atoms with Crippen molar-refractivity contribution in [3.63, 3.8) is 0 Å². The second-order valence-electron chi connectivity index (χ2n) is 6.40. The van der Waals surface area contributed by atoms with Gasteiger partial charge in [-0.15, -0.1) is 0 Å². The first-order chi connectivity index (χ1) is 13.9. The highest BCUT2D eigenvalue weighted by molar-refractivity contribution is 5.93. The first kappa shape index (κ1) is 26.6. The van der Waals surface area contributed by atoms with Crippen molar-refractivity contribution in [2.24, 2.45) is 22.2 Å². The zero-order valence-corrected chi connectivity index (χ0v) is 16.6. The van der Waals surface area contributed by atoms with Gasteiger partial charge in [-0.3, -0.25) is 29.0 Å². The van der Waals surface area contributed by atoms with Gasteiger partial charge in [-0.05, 0) is 26.2 Å². The third kappa shape index (κ3) is 12.1. The van der Waals surface area contributed by atoms with Gasteiger partial charge in [0.1, 0.15) is 18.6 Å². The molecule has 0 spiro atoms. The fourth-order valence-electron chi connectivity index (χ4n) is 2.17. The molecule has 0 aliphatic rings. The van der Waals surface area contributed by atoms with Gasteiger partial charge in [0.25, 0.3) is 0 Å². The van der Waals surface area contributed by atoms with Crippen molar-refractivity contribution in [2.75, 3.05) is 13.1 Å². The van der Waals surface area contributed by atoms with Gasteiger partial charge < -0.3 is 43.4 Å². The highest BCUT2D eigenvalue weighted by Gasteiger charge is 2.27. The van der Waals surface area contributed by atoms with Crippen LogP contribution in [0.2, 0.25) is 0 Å². The molecule has 0 rings (SSSR count). The van der Waals surface area contributed by atoms with Gasteiger partial charge >= 0.3 is 11.9 Å². The van der Waals surface area contributed by atoms with E-state index in [1.54, 1.807) is 0 Å². The number of carbonyl (C=O) groups is 5. The van der Waals surface area contributed by atoms with Crippen LogP contribution >= 0.6 is 0 Å². The number of nitrogens with zero attached hydrogens (tertiary/aromatic N) is 1. The number of amides is 3. The van der Waals surface area contributed by atoms with Gasteiger partial charge in [0, 0.05) is 13.0 Å². The van der Waals surface area contributed by atoms with Crippen LogP contribution in [0.15, 0.2) is 4.99 Å². The van der Waals surface area contributed by atoms with Crippen LogP contribution in [0.25, 0.3) is 0 Å². The van der Waals surface area contributed by atoms with E-state index >= 15 is 0 Å². The minimum atomic E-state index is -1.32. The molecule has 0 saturated heterocycles. The summed E-state index contributed by atoms with van der Waals surface area (Å²) in [6, 6.07) is -3.32. The second-order valence-corrected chi connectivity index (χ2v) is 6.40. The lowest BCUT2D eigenvalue weighted by molar-refractivity contribution is -0.140. The Morgan fingerprint density at radius 1 is 0.900 bits per heavy atom. The van der Waals surface area contributed by atoms with Crippen LogP contribution in [0.5, 0.6) is 0 Å². The van der Waals surface area contributed by atoms with E-state index in [1.165, 1.54) is 6.92 Å². The van der Waals surface area contributed by atoms with Crippen LogP contribution in [-0.2, 0) is 24.0 Å². The minimum absolute atomic E-state index is 0.101. The van der Waals surface area contributed by atoms with Crippen LogP contribution in [0, 0.1) is 0 Å². The Labute approximate surface area is 172 Å². The number of aliphatic carboxylic acids is 2. The Bertz CT molecular complexity index is 662. The van der Waals surface area contributed by atoms with Crippen molar-refractivity contribution in [1.82, 2.24) is 16.0 Å². The highest BCUT2D eigenvalue weighted by atomic mass is 16.4. The lowest BCUT2D eigenvalue weighted by Gasteiger charge is -2.23. The average Bonchev–Trinajstić information content (AvgIpc) is 2.64. The Hall–Kier alpha value is -3.42. The molecule has 0 fully saturated rings. The van der Waals surface area contributed by atoms with Crippen LogP contribution < -0.4 is 33.2 Å². The lowest BCUT2D eigenvalue weighted by atomic mass is 10.1.